The highest BCUT2D eigenvalue weighted by atomic mass is 19.1. The van der Waals surface area contributed by atoms with Gasteiger partial charge in [-0.25, -0.2) is 9.82 Å². The second-order valence-corrected chi connectivity index (χ2v) is 4.06. The molecule has 0 fully saturated rings. The summed E-state index contributed by atoms with van der Waals surface area (Å²) >= 11 is 0. The molecule has 0 unspecified atom stereocenters. The Labute approximate surface area is 110 Å². The van der Waals surface area contributed by atoms with E-state index in [-0.39, 0.29) is 11.7 Å². The van der Waals surface area contributed by atoms with E-state index in [2.05, 4.69) is 10.5 Å². The molecule has 1 N–H and O–H groups in total. The molecule has 0 radical (unpaired) electrons. The third kappa shape index (κ3) is 3.48. The number of hydrazone groups is 1. The van der Waals surface area contributed by atoms with Gasteiger partial charge in [0.1, 0.15) is 5.82 Å². The maximum Gasteiger partial charge on any atom is 0.271 e. The highest BCUT2D eigenvalue weighted by Crippen LogP contribution is 2.04. The molecule has 0 aliphatic rings. The molecular formula is C15H13FN2O. The lowest BCUT2D eigenvalue weighted by Crippen LogP contribution is -2.17. The summed E-state index contributed by atoms with van der Waals surface area (Å²) in [6, 6.07) is 13.0. The van der Waals surface area contributed by atoms with Crippen molar-refractivity contribution in [2.75, 3.05) is 0 Å². The van der Waals surface area contributed by atoms with Gasteiger partial charge in [0.05, 0.1) is 6.21 Å². The number of hydrogen-bond acceptors (Lipinski definition) is 2. The molecule has 0 heterocycles. The predicted molar refractivity (Wildman–Crippen MR) is 72.6 cm³/mol. The summed E-state index contributed by atoms with van der Waals surface area (Å²) in [6.45, 7) is 1.96. The first kappa shape index (κ1) is 13.0. The lowest BCUT2D eigenvalue weighted by Gasteiger charge is -2.00. The van der Waals surface area contributed by atoms with Crippen molar-refractivity contribution in [3.63, 3.8) is 0 Å². The van der Waals surface area contributed by atoms with Crippen LogP contribution in [0.1, 0.15) is 21.5 Å². The first-order valence-electron chi connectivity index (χ1n) is 5.81. The predicted octanol–water partition coefficient (Wildman–Crippen LogP) is 2.90. The van der Waals surface area contributed by atoms with Crippen LogP contribution < -0.4 is 5.43 Å². The molecule has 2 rings (SSSR count). The topological polar surface area (TPSA) is 41.5 Å². The molecule has 0 spiro atoms. The van der Waals surface area contributed by atoms with E-state index >= 15 is 0 Å². The van der Waals surface area contributed by atoms with Crippen molar-refractivity contribution in [2.45, 2.75) is 6.92 Å². The standard InChI is InChI=1S/C15H13FN2O/c1-11-4-2-3-5-13(11)10-17-18-15(19)12-6-8-14(16)9-7-12/h2-10H,1H3,(H,18,19)/b17-10-. The number of hydrogen-bond donors (Lipinski definition) is 1. The average Bonchev–Trinajstić information content (AvgIpc) is 2.41. The van der Waals surface area contributed by atoms with E-state index in [0.29, 0.717) is 5.56 Å². The zero-order valence-electron chi connectivity index (χ0n) is 10.4. The third-order valence-corrected chi connectivity index (χ3v) is 2.66. The van der Waals surface area contributed by atoms with Crippen LogP contribution >= 0.6 is 0 Å². The Morgan fingerprint density at radius 3 is 2.53 bits per heavy atom. The van der Waals surface area contributed by atoms with Crippen molar-refractivity contribution in [1.82, 2.24) is 5.43 Å². The van der Waals surface area contributed by atoms with Gasteiger partial charge in [-0.2, -0.15) is 5.10 Å². The van der Waals surface area contributed by atoms with Crippen molar-refractivity contribution in [2.24, 2.45) is 5.10 Å². The Bertz CT molecular complexity index is 606. The van der Waals surface area contributed by atoms with E-state index in [9.17, 15) is 9.18 Å². The van der Waals surface area contributed by atoms with Crippen LogP contribution in [0.25, 0.3) is 0 Å². The maximum absolute atomic E-state index is 12.7. The number of halogens is 1. The molecule has 3 nitrogen and oxygen atoms in total. The second kappa shape index (κ2) is 5.91. The van der Waals surface area contributed by atoms with Gasteiger partial charge in [-0.1, -0.05) is 24.3 Å². The van der Waals surface area contributed by atoms with Crippen LogP contribution in [-0.2, 0) is 0 Å². The first-order chi connectivity index (χ1) is 9.16. The molecule has 2 aromatic carbocycles. The zero-order chi connectivity index (χ0) is 13.7. The smallest absolute Gasteiger partial charge is 0.267 e. The molecule has 1 amide bonds. The van der Waals surface area contributed by atoms with Crippen LogP contribution in [0.3, 0.4) is 0 Å². The molecule has 0 bridgehead atoms. The van der Waals surface area contributed by atoms with Crippen molar-refractivity contribution in [3.8, 4) is 0 Å². The van der Waals surface area contributed by atoms with Gasteiger partial charge in [0.25, 0.3) is 5.91 Å². The largest absolute Gasteiger partial charge is 0.271 e. The van der Waals surface area contributed by atoms with Crippen LogP contribution in [0.4, 0.5) is 4.39 Å². The number of nitrogens with zero attached hydrogens (tertiary/aromatic N) is 1. The fraction of sp³-hybridized carbons (Fsp3) is 0.0667. The second-order valence-electron chi connectivity index (χ2n) is 4.06. The Kier molecular flexibility index (Phi) is 4.03. The van der Waals surface area contributed by atoms with Crippen LogP contribution in [0.5, 0.6) is 0 Å². The molecule has 19 heavy (non-hydrogen) atoms. The fourth-order valence-corrected chi connectivity index (χ4v) is 1.56. The van der Waals surface area contributed by atoms with Crippen molar-refractivity contribution in [3.05, 3.63) is 71.0 Å². The van der Waals surface area contributed by atoms with Gasteiger partial charge in [0.15, 0.2) is 0 Å². The molecule has 0 aliphatic heterocycles. The SMILES string of the molecule is Cc1ccccc1/C=N\NC(=O)c1ccc(F)cc1. The lowest BCUT2D eigenvalue weighted by molar-refractivity contribution is 0.0955. The van der Waals surface area contributed by atoms with Gasteiger partial charge in [-0.3, -0.25) is 4.79 Å². The van der Waals surface area contributed by atoms with E-state index in [0.717, 1.165) is 11.1 Å². The third-order valence-electron chi connectivity index (χ3n) is 2.66. The normalized spacial score (nSPS) is 10.6. The molecule has 0 saturated carbocycles. The van der Waals surface area contributed by atoms with E-state index in [1.807, 2.05) is 31.2 Å². The summed E-state index contributed by atoms with van der Waals surface area (Å²) in [6.07, 6.45) is 1.58. The summed E-state index contributed by atoms with van der Waals surface area (Å²) in [7, 11) is 0. The quantitative estimate of drug-likeness (QED) is 0.665. The molecule has 96 valence electrons. The molecule has 2 aromatic rings. The van der Waals surface area contributed by atoms with Gasteiger partial charge < -0.3 is 0 Å². The molecule has 0 aliphatic carbocycles. The summed E-state index contributed by atoms with van der Waals surface area (Å²) in [4.78, 5) is 11.7. The lowest BCUT2D eigenvalue weighted by atomic mass is 10.1. The van der Waals surface area contributed by atoms with Crippen LogP contribution in [0, 0.1) is 12.7 Å². The number of carbonyl (C=O) groups excluding carboxylic acids is 1. The summed E-state index contributed by atoms with van der Waals surface area (Å²) in [5, 5.41) is 3.88. The minimum Gasteiger partial charge on any atom is -0.267 e. The highest BCUT2D eigenvalue weighted by molar-refractivity contribution is 5.94. The van der Waals surface area contributed by atoms with Gasteiger partial charge in [0, 0.05) is 5.56 Å². The fourth-order valence-electron chi connectivity index (χ4n) is 1.56. The Hall–Kier alpha value is -2.49. The molecule has 4 heteroatoms. The van der Waals surface area contributed by atoms with Gasteiger partial charge in [-0.05, 0) is 42.3 Å². The van der Waals surface area contributed by atoms with Crippen molar-refractivity contribution >= 4 is 12.1 Å². The van der Waals surface area contributed by atoms with Crippen LogP contribution in [-0.4, -0.2) is 12.1 Å². The van der Waals surface area contributed by atoms with Gasteiger partial charge >= 0.3 is 0 Å². The summed E-state index contributed by atoms with van der Waals surface area (Å²) in [5.41, 5.74) is 4.77. The van der Waals surface area contributed by atoms with Crippen LogP contribution in [0.15, 0.2) is 53.6 Å². The molecule has 0 atom stereocenters. The van der Waals surface area contributed by atoms with E-state index < -0.39 is 0 Å². The number of amides is 1. The molecular weight excluding hydrogens is 243 g/mol. The van der Waals surface area contributed by atoms with Crippen molar-refractivity contribution < 1.29 is 9.18 Å². The Morgan fingerprint density at radius 1 is 1.16 bits per heavy atom. The zero-order valence-corrected chi connectivity index (χ0v) is 10.4. The first-order valence-corrected chi connectivity index (χ1v) is 5.81. The van der Waals surface area contributed by atoms with Gasteiger partial charge in [0.2, 0.25) is 0 Å². The molecule has 0 saturated heterocycles. The number of rotatable bonds is 3. The monoisotopic (exact) mass is 256 g/mol. The van der Waals surface area contributed by atoms with E-state index in [1.165, 1.54) is 24.3 Å². The number of aryl methyl sites for hydroxylation is 1. The van der Waals surface area contributed by atoms with Crippen molar-refractivity contribution in [1.29, 1.82) is 0 Å². The van der Waals surface area contributed by atoms with Crippen LogP contribution in [0.2, 0.25) is 0 Å². The summed E-state index contributed by atoms with van der Waals surface area (Å²) < 4.78 is 12.7. The number of carbonyl (C=O) groups is 1. The number of nitrogens with one attached hydrogen (secondary N) is 1. The number of benzene rings is 2. The molecule has 0 aromatic heterocycles. The Balaban J connectivity index is 2.01. The van der Waals surface area contributed by atoms with E-state index in [4.69, 9.17) is 0 Å². The van der Waals surface area contributed by atoms with E-state index in [1.54, 1.807) is 6.21 Å². The highest BCUT2D eigenvalue weighted by Gasteiger charge is 2.03. The maximum atomic E-state index is 12.7. The summed E-state index contributed by atoms with van der Waals surface area (Å²) in [5.74, 6) is -0.746. The average molecular weight is 256 g/mol. The minimum absolute atomic E-state index is 0.364. The Morgan fingerprint density at radius 2 is 1.84 bits per heavy atom. The van der Waals surface area contributed by atoms with Gasteiger partial charge in [-0.15, -0.1) is 0 Å². The minimum atomic E-state index is -0.375.